The van der Waals surface area contributed by atoms with Crippen LogP contribution in [0, 0.1) is 17.6 Å². The molecule has 0 saturated carbocycles. The molecule has 4 rings (SSSR count). The molecule has 3 heterocycles. The second-order valence-corrected chi connectivity index (χ2v) is 7.43. The molecular formula is C21H22F2N4O4. The highest BCUT2D eigenvalue weighted by molar-refractivity contribution is 5.87. The van der Waals surface area contributed by atoms with Crippen molar-refractivity contribution in [2.75, 3.05) is 24.6 Å². The van der Waals surface area contributed by atoms with Gasteiger partial charge in [0.05, 0.1) is 12.6 Å². The molecule has 0 spiro atoms. The van der Waals surface area contributed by atoms with Crippen molar-refractivity contribution < 1.29 is 27.5 Å². The molecule has 164 valence electrons. The van der Waals surface area contributed by atoms with Crippen LogP contribution in [-0.2, 0) is 9.53 Å². The van der Waals surface area contributed by atoms with Crippen LogP contribution < -0.4 is 4.90 Å². The molecule has 8 nitrogen and oxygen atoms in total. The summed E-state index contributed by atoms with van der Waals surface area (Å²) in [6, 6.07) is 3.05. The highest BCUT2D eigenvalue weighted by Gasteiger charge is 2.35. The van der Waals surface area contributed by atoms with E-state index in [9.17, 15) is 18.4 Å². The number of benzene rings is 1. The van der Waals surface area contributed by atoms with Gasteiger partial charge in [0.25, 0.3) is 6.01 Å². The van der Waals surface area contributed by atoms with Gasteiger partial charge in [0.15, 0.2) is 5.69 Å². The van der Waals surface area contributed by atoms with Crippen molar-refractivity contribution in [1.82, 2.24) is 9.99 Å². The highest BCUT2D eigenvalue weighted by atomic mass is 19.1. The Kier molecular flexibility index (Phi) is 5.97. The van der Waals surface area contributed by atoms with Crippen LogP contribution in [-0.4, -0.2) is 47.8 Å². The molecule has 1 amide bonds. The molecule has 2 aromatic rings. The molecular weight excluding hydrogens is 410 g/mol. The molecule has 0 bridgehead atoms. The normalized spacial score (nSPS) is 19.1. The van der Waals surface area contributed by atoms with Gasteiger partial charge in [0.1, 0.15) is 17.9 Å². The van der Waals surface area contributed by atoms with Gasteiger partial charge in [-0.15, -0.1) is 0 Å². The number of oxazole rings is 1. The van der Waals surface area contributed by atoms with Crippen LogP contribution >= 0.6 is 0 Å². The summed E-state index contributed by atoms with van der Waals surface area (Å²) in [5.74, 6) is -2.38. The molecule has 2 aliphatic heterocycles. The Labute approximate surface area is 177 Å². The van der Waals surface area contributed by atoms with E-state index in [1.165, 1.54) is 23.4 Å². The van der Waals surface area contributed by atoms with Crippen LogP contribution in [0.1, 0.15) is 48.3 Å². The number of esters is 1. The summed E-state index contributed by atoms with van der Waals surface area (Å²) < 4.78 is 37.6. The van der Waals surface area contributed by atoms with Crippen LogP contribution in [0.5, 0.6) is 0 Å². The number of ether oxygens (including phenoxy) is 1. The number of carbonyl (C=O) groups is 2. The van der Waals surface area contributed by atoms with Gasteiger partial charge in [0.2, 0.25) is 5.91 Å². The Hall–Kier alpha value is -3.30. The predicted molar refractivity (Wildman–Crippen MR) is 106 cm³/mol. The van der Waals surface area contributed by atoms with Gasteiger partial charge in [0, 0.05) is 37.7 Å². The Morgan fingerprint density at radius 1 is 1.19 bits per heavy atom. The van der Waals surface area contributed by atoms with Crippen molar-refractivity contribution >= 4 is 24.1 Å². The van der Waals surface area contributed by atoms with Crippen molar-refractivity contribution in [2.45, 2.75) is 32.2 Å². The number of rotatable bonds is 5. The van der Waals surface area contributed by atoms with Crippen molar-refractivity contribution in [3.63, 3.8) is 0 Å². The highest BCUT2D eigenvalue weighted by Crippen LogP contribution is 2.33. The predicted octanol–water partition coefficient (Wildman–Crippen LogP) is 3.31. The molecule has 2 aliphatic rings. The quantitative estimate of drug-likeness (QED) is 0.674. The fourth-order valence-electron chi connectivity index (χ4n) is 3.88. The number of piperidine rings is 1. The minimum absolute atomic E-state index is 0.103. The lowest BCUT2D eigenvalue weighted by Crippen LogP contribution is -2.41. The van der Waals surface area contributed by atoms with E-state index >= 15 is 0 Å². The lowest BCUT2D eigenvalue weighted by atomic mass is 9.94. The maximum absolute atomic E-state index is 13.6. The summed E-state index contributed by atoms with van der Waals surface area (Å²) in [6.45, 7) is 2.98. The maximum atomic E-state index is 13.6. The van der Waals surface area contributed by atoms with Gasteiger partial charge in [-0.2, -0.15) is 10.1 Å². The fourth-order valence-corrected chi connectivity index (χ4v) is 3.88. The third-order valence-corrected chi connectivity index (χ3v) is 5.42. The van der Waals surface area contributed by atoms with E-state index in [1.54, 1.807) is 13.1 Å². The van der Waals surface area contributed by atoms with Gasteiger partial charge in [-0.1, -0.05) is 0 Å². The number of anilines is 1. The smallest absolute Gasteiger partial charge is 0.360 e. The maximum Gasteiger partial charge on any atom is 0.360 e. The monoisotopic (exact) mass is 432 g/mol. The average molecular weight is 432 g/mol. The molecule has 0 aliphatic carbocycles. The molecule has 1 atom stereocenters. The number of hydrogen-bond acceptors (Lipinski definition) is 7. The van der Waals surface area contributed by atoms with E-state index in [-0.39, 0.29) is 24.1 Å². The molecule has 0 radical (unpaired) electrons. The molecule has 1 aromatic carbocycles. The minimum Gasteiger partial charge on any atom is -0.461 e. The van der Waals surface area contributed by atoms with Crippen molar-refractivity contribution in [3.8, 4) is 0 Å². The summed E-state index contributed by atoms with van der Waals surface area (Å²) in [5.41, 5.74) is 0.485. The summed E-state index contributed by atoms with van der Waals surface area (Å²) >= 11 is 0. The number of hydrazone groups is 1. The largest absolute Gasteiger partial charge is 0.461 e. The first-order chi connectivity index (χ1) is 15.0. The Balaban J connectivity index is 1.39. The molecule has 31 heavy (non-hydrogen) atoms. The zero-order chi connectivity index (χ0) is 22.0. The van der Waals surface area contributed by atoms with Gasteiger partial charge in [-0.3, -0.25) is 4.79 Å². The van der Waals surface area contributed by atoms with E-state index in [0.717, 1.165) is 6.07 Å². The SMILES string of the molecule is CCOC(=O)c1coc(N2CCC(C(=O)N3N=CC[C@H]3c3cc(F)cc(F)c3)CC2)n1. The van der Waals surface area contributed by atoms with Gasteiger partial charge in [-0.05, 0) is 37.5 Å². The third kappa shape index (κ3) is 4.42. The Morgan fingerprint density at radius 2 is 1.90 bits per heavy atom. The van der Waals surface area contributed by atoms with Gasteiger partial charge < -0.3 is 14.1 Å². The fraction of sp³-hybridized carbons (Fsp3) is 0.429. The van der Waals surface area contributed by atoms with E-state index in [2.05, 4.69) is 10.1 Å². The second kappa shape index (κ2) is 8.83. The zero-order valence-electron chi connectivity index (χ0n) is 17.0. The first kappa shape index (κ1) is 21.0. The number of aromatic nitrogens is 1. The van der Waals surface area contributed by atoms with Crippen LogP contribution in [0.2, 0.25) is 0 Å². The Morgan fingerprint density at radius 3 is 2.58 bits per heavy atom. The van der Waals surface area contributed by atoms with Crippen LogP contribution in [0.4, 0.5) is 14.8 Å². The zero-order valence-corrected chi connectivity index (χ0v) is 17.0. The first-order valence-electron chi connectivity index (χ1n) is 10.2. The minimum atomic E-state index is -0.684. The lowest BCUT2D eigenvalue weighted by molar-refractivity contribution is -0.138. The number of amides is 1. The molecule has 1 saturated heterocycles. The van der Waals surface area contributed by atoms with Gasteiger partial charge >= 0.3 is 5.97 Å². The lowest BCUT2D eigenvalue weighted by Gasteiger charge is -2.33. The van der Waals surface area contributed by atoms with Crippen LogP contribution in [0.3, 0.4) is 0 Å². The number of carbonyl (C=O) groups excluding carboxylic acids is 2. The van der Waals surface area contributed by atoms with Crippen molar-refractivity contribution in [3.05, 3.63) is 47.4 Å². The van der Waals surface area contributed by atoms with E-state index in [1.807, 2.05) is 4.90 Å². The van der Waals surface area contributed by atoms with Crippen molar-refractivity contribution in [2.24, 2.45) is 11.0 Å². The standard InChI is InChI=1S/C21H22F2N4O4/c1-2-30-20(29)17-12-31-21(25-17)26-7-4-13(5-8-26)19(28)27-18(3-6-24-27)14-9-15(22)11-16(23)10-14/h6,9-13,18H,2-5,7-8H2,1H3/t18-/m0/s1. The number of halogens is 2. The summed E-state index contributed by atoms with van der Waals surface area (Å²) in [4.78, 5) is 30.8. The average Bonchev–Trinajstić information content (AvgIpc) is 3.43. The van der Waals surface area contributed by atoms with Crippen LogP contribution in [0.25, 0.3) is 0 Å². The van der Waals surface area contributed by atoms with Gasteiger partial charge in [-0.25, -0.2) is 18.6 Å². The van der Waals surface area contributed by atoms with E-state index < -0.39 is 23.6 Å². The first-order valence-corrected chi connectivity index (χ1v) is 10.2. The molecule has 10 heteroatoms. The van der Waals surface area contributed by atoms with E-state index in [4.69, 9.17) is 9.15 Å². The number of nitrogens with zero attached hydrogens (tertiary/aromatic N) is 4. The molecule has 0 unspecified atom stereocenters. The molecule has 1 aromatic heterocycles. The number of hydrogen-bond donors (Lipinski definition) is 0. The van der Waals surface area contributed by atoms with E-state index in [0.29, 0.717) is 43.9 Å². The summed E-state index contributed by atoms with van der Waals surface area (Å²) in [6.07, 6.45) is 4.31. The topological polar surface area (TPSA) is 88.2 Å². The molecule has 0 N–H and O–H groups in total. The second-order valence-electron chi connectivity index (χ2n) is 7.43. The van der Waals surface area contributed by atoms with Crippen molar-refractivity contribution in [1.29, 1.82) is 0 Å². The third-order valence-electron chi connectivity index (χ3n) is 5.42. The Bertz CT molecular complexity index is 981. The molecule has 1 fully saturated rings. The summed E-state index contributed by atoms with van der Waals surface area (Å²) in [7, 11) is 0. The van der Waals surface area contributed by atoms with Crippen LogP contribution in [0.15, 0.2) is 34.0 Å². The summed E-state index contributed by atoms with van der Waals surface area (Å²) in [5, 5.41) is 5.50.